The first-order valence-corrected chi connectivity index (χ1v) is 4.50. The van der Waals surface area contributed by atoms with Gasteiger partial charge in [0, 0.05) is 23.7 Å². The lowest BCUT2D eigenvalue weighted by atomic mass is 10.2. The van der Waals surface area contributed by atoms with Crippen LogP contribution in [0.1, 0.15) is 17.3 Å². The Kier molecular flexibility index (Phi) is 2.08. The van der Waals surface area contributed by atoms with Crippen LogP contribution < -0.4 is 0 Å². The predicted molar refractivity (Wildman–Crippen MR) is 53.0 cm³/mol. The fraction of sp³-hybridized carbons (Fsp3) is 0.182. The molecule has 0 N–H and O–H groups in total. The third-order valence-electron chi connectivity index (χ3n) is 2.34. The van der Waals surface area contributed by atoms with Gasteiger partial charge in [-0.15, -0.1) is 0 Å². The summed E-state index contributed by atoms with van der Waals surface area (Å²) in [5.41, 5.74) is 1.39. The van der Waals surface area contributed by atoms with Gasteiger partial charge in [-0.1, -0.05) is 0 Å². The number of aromatic nitrogens is 1. The van der Waals surface area contributed by atoms with Gasteiger partial charge in [0.1, 0.15) is 5.82 Å². The molecule has 0 amide bonds. The van der Waals surface area contributed by atoms with Gasteiger partial charge in [-0.2, -0.15) is 0 Å². The van der Waals surface area contributed by atoms with E-state index in [1.54, 1.807) is 12.3 Å². The Morgan fingerprint density at radius 2 is 2.29 bits per heavy atom. The first-order valence-electron chi connectivity index (χ1n) is 4.50. The number of aldehydes is 1. The standard InChI is InChI=1S/C11H10FNO/c1-2-13-6-8(7-14)10-4-3-9(12)5-11(10)13/h3-7H,2H2,1H3. The predicted octanol–water partition coefficient (Wildman–Crippen LogP) is 2.61. The number of rotatable bonds is 2. The second-order valence-corrected chi connectivity index (χ2v) is 3.15. The smallest absolute Gasteiger partial charge is 0.152 e. The van der Waals surface area contributed by atoms with Crippen molar-refractivity contribution in [2.75, 3.05) is 0 Å². The third kappa shape index (κ3) is 1.21. The van der Waals surface area contributed by atoms with Crippen LogP contribution in [0.3, 0.4) is 0 Å². The molecule has 0 unspecified atom stereocenters. The highest BCUT2D eigenvalue weighted by Crippen LogP contribution is 2.20. The molecule has 1 heterocycles. The Labute approximate surface area is 81.0 Å². The normalized spacial score (nSPS) is 10.7. The summed E-state index contributed by atoms with van der Waals surface area (Å²) in [5.74, 6) is -0.275. The van der Waals surface area contributed by atoms with Gasteiger partial charge in [-0.05, 0) is 25.1 Å². The maximum Gasteiger partial charge on any atom is 0.152 e. The summed E-state index contributed by atoms with van der Waals surface area (Å²) in [5, 5.41) is 0.809. The van der Waals surface area contributed by atoms with Gasteiger partial charge >= 0.3 is 0 Å². The monoisotopic (exact) mass is 191 g/mol. The fourth-order valence-corrected chi connectivity index (χ4v) is 1.65. The number of carbonyl (C=O) groups is 1. The molecule has 0 aliphatic heterocycles. The summed E-state index contributed by atoms with van der Waals surface area (Å²) < 4.78 is 14.8. The summed E-state index contributed by atoms with van der Waals surface area (Å²) in [4.78, 5) is 10.7. The molecule has 0 aliphatic carbocycles. The first-order chi connectivity index (χ1) is 6.76. The van der Waals surface area contributed by atoms with E-state index in [-0.39, 0.29) is 5.82 Å². The van der Waals surface area contributed by atoms with Crippen molar-refractivity contribution < 1.29 is 9.18 Å². The van der Waals surface area contributed by atoms with Crippen molar-refractivity contribution in [1.82, 2.24) is 4.57 Å². The highest BCUT2D eigenvalue weighted by molar-refractivity contribution is 5.97. The number of carbonyl (C=O) groups excluding carboxylic acids is 1. The van der Waals surface area contributed by atoms with Gasteiger partial charge in [0.2, 0.25) is 0 Å². The third-order valence-corrected chi connectivity index (χ3v) is 2.34. The molecule has 2 nitrogen and oxygen atoms in total. The average Bonchev–Trinajstić information content (AvgIpc) is 2.55. The summed E-state index contributed by atoms with van der Waals surface area (Å²) in [6.07, 6.45) is 2.55. The Morgan fingerprint density at radius 3 is 2.93 bits per heavy atom. The van der Waals surface area contributed by atoms with Crippen LogP contribution >= 0.6 is 0 Å². The summed E-state index contributed by atoms with van der Waals surface area (Å²) in [6.45, 7) is 2.69. The molecule has 2 rings (SSSR count). The molecule has 1 aromatic carbocycles. The van der Waals surface area contributed by atoms with Gasteiger partial charge in [0.25, 0.3) is 0 Å². The van der Waals surface area contributed by atoms with Crippen molar-refractivity contribution in [2.24, 2.45) is 0 Å². The second-order valence-electron chi connectivity index (χ2n) is 3.15. The van der Waals surface area contributed by atoms with Crippen molar-refractivity contribution >= 4 is 17.2 Å². The zero-order valence-electron chi connectivity index (χ0n) is 7.83. The molecule has 14 heavy (non-hydrogen) atoms. The number of nitrogens with zero attached hydrogens (tertiary/aromatic N) is 1. The quantitative estimate of drug-likeness (QED) is 0.669. The Balaban J connectivity index is 2.82. The molecule has 0 atom stereocenters. The molecule has 72 valence electrons. The molecular formula is C11H10FNO. The van der Waals surface area contributed by atoms with Crippen LogP contribution in [0.2, 0.25) is 0 Å². The lowest BCUT2D eigenvalue weighted by Crippen LogP contribution is -1.90. The first kappa shape index (κ1) is 8.94. The highest BCUT2D eigenvalue weighted by atomic mass is 19.1. The summed E-state index contributed by atoms with van der Waals surface area (Å²) in [6, 6.07) is 4.46. The molecule has 0 saturated carbocycles. The van der Waals surface area contributed by atoms with E-state index in [4.69, 9.17) is 0 Å². The number of hydrogen-bond acceptors (Lipinski definition) is 1. The zero-order valence-corrected chi connectivity index (χ0v) is 7.83. The average molecular weight is 191 g/mol. The summed E-state index contributed by atoms with van der Waals surface area (Å²) >= 11 is 0. The zero-order chi connectivity index (χ0) is 10.1. The SMILES string of the molecule is CCn1cc(C=O)c2ccc(F)cc21. The number of halogens is 1. The van der Waals surface area contributed by atoms with Crippen molar-refractivity contribution in [3.05, 3.63) is 35.8 Å². The maximum absolute atomic E-state index is 13.0. The molecule has 0 radical (unpaired) electrons. The minimum atomic E-state index is -0.275. The Bertz CT molecular complexity index is 487. The molecule has 0 saturated heterocycles. The van der Waals surface area contributed by atoms with E-state index in [1.165, 1.54) is 12.1 Å². The van der Waals surface area contributed by atoms with Crippen LogP contribution in [0.25, 0.3) is 10.9 Å². The summed E-state index contributed by atoms with van der Waals surface area (Å²) in [7, 11) is 0. The van der Waals surface area contributed by atoms with Crippen LogP contribution in [0, 0.1) is 5.82 Å². The van der Waals surface area contributed by atoms with Crippen LogP contribution in [0.5, 0.6) is 0 Å². The van der Waals surface area contributed by atoms with Crippen molar-refractivity contribution in [3.8, 4) is 0 Å². The van der Waals surface area contributed by atoms with E-state index in [2.05, 4.69) is 0 Å². The van der Waals surface area contributed by atoms with Gasteiger partial charge in [-0.25, -0.2) is 4.39 Å². The topological polar surface area (TPSA) is 22.0 Å². The van der Waals surface area contributed by atoms with E-state index in [0.717, 1.165) is 23.7 Å². The van der Waals surface area contributed by atoms with E-state index in [9.17, 15) is 9.18 Å². The lowest BCUT2D eigenvalue weighted by molar-refractivity contribution is 0.112. The minimum absolute atomic E-state index is 0.275. The van der Waals surface area contributed by atoms with Crippen LogP contribution in [-0.2, 0) is 6.54 Å². The molecular weight excluding hydrogens is 181 g/mol. The molecule has 1 aromatic heterocycles. The highest BCUT2D eigenvalue weighted by Gasteiger charge is 2.07. The Morgan fingerprint density at radius 1 is 1.50 bits per heavy atom. The van der Waals surface area contributed by atoms with E-state index in [0.29, 0.717) is 5.56 Å². The number of benzene rings is 1. The van der Waals surface area contributed by atoms with Crippen LogP contribution in [-0.4, -0.2) is 10.9 Å². The van der Waals surface area contributed by atoms with Crippen molar-refractivity contribution in [2.45, 2.75) is 13.5 Å². The molecule has 0 aliphatic rings. The van der Waals surface area contributed by atoms with Gasteiger partial charge in [0.15, 0.2) is 6.29 Å². The van der Waals surface area contributed by atoms with Crippen LogP contribution in [0.4, 0.5) is 4.39 Å². The number of hydrogen-bond donors (Lipinski definition) is 0. The lowest BCUT2D eigenvalue weighted by Gasteiger charge is -1.99. The second kappa shape index (κ2) is 3.25. The molecule has 3 heteroatoms. The number of aryl methyl sites for hydroxylation is 1. The van der Waals surface area contributed by atoms with Crippen LogP contribution in [0.15, 0.2) is 24.4 Å². The van der Waals surface area contributed by atoms with E-state index in [1.807, 2.05) is 11.5 Å². The number of fused-ring (bicyclic) bond motifs is 1. The molecule has 0 spiro atoms. The Hall–Kier alpha value is -1.64. The molecule has 2 aromatic rings. The van der Waals surface area contributed by atoms with Gasteiger partial charge in [0.05, 0.1) is 5.52 Å². The van der Waals surface area contributed by atoms with Gasteiger partial charge < -0.3 is 4.57 Å². The maximum atomic E-state index is 13.0. The minimum Gasteiger partial charge on any atom is -0.347 e. The van der Waals surface area contributed by atoms with Crippen molar-refractivity contribution in [1.29, 1.82) is 0 Å². The molecule has 0 fully saturated rings. The fourth-order valence-electron chi connectivity index (χ4n) is 1.65. The van der Waals surface area contributed by atoms with Gasteiger partial charge in [-0.3, -0.25) is 4.79 Å². The molecule has 0 bridgehead atoms. The van der Waals surface area contributed by atoms with Crippen molar-refractivity contribution in [3.63, 3.8) is 0 Å². The van der Waals surface area contributed by atoms with E-state index >= 15 is 0 Å². The largest absolute Gasteiger partial charge is 0.347 e. The van der Waals surface area contributed by atoms with E-state index < -0.39 is 0 Å².